The number of carbonyl (C=O) groups excluding carboxylic acids is 1. The van der Waals surface area contributed by atoms with Crippen LogP contribution in [-0.4, -0.2) is 21.4 Å². The minimum Gasteiger partial charge on any atom is -0.345 e. The van der Waals surface area contributed by atoms with Crippen LogP contribution in [-0.2, 0) is 17.9 Å². The predicted octanol–water partition coefficient (Wildman–Crippen LogP) is 6.02. The first-order chi connectivity index (χ1) is 14.9. The van der Waals surface area contributed by atoms with Crippen LogP contribution in [0.1, 0.15) is 55.5 Å². The third-order valence-electron chi connectivity index (χ3n) is 6.77. The topological polar surface area (TPSA) is 25.2 Å². The van der Waals surface area contributed by atoms with Gasteiger partial charge in [0.1, 0.15) is 0 Å². The van der Waals surface area contributed by atoms with Gasteiger partial charge >= 0.3 is 0 Å². The first-order valence-corrected chi connectivity index (χ1v) is 11.5. The zero-order valence-electron chi connectivity index (χ0n) is 19.2. The van der Waals surface area contributed by atoms with E-state index >= 15 is 0 Å². The van der Waals surface area contributed by atoms with E-state index < -0.39 is 0 Å². The monoisotopic (exact) mass is 414 g/mol. The number of carbonyl (C=O) groups is 1. The summed E-state index contributed by atoms with van der Waals surface area (Å²) in [6, 6.07) is 23.6. The number of rotatable bonds is 8. The quantitative estimate of drug-likeness (QED) is 0.442. The van der Waals surface area contributed by atoms with Crippen molar-refractivity contribution in [3.8, 4) is 0 Å². The second kappa shape index (κ2) is 9.13. The average Bonchev–Trinajstić information content (AvgIpc) is 3.45. The van der Waals surface area contributed by atoms with E-state index in [0.29, 0.717) is 24.3 Å². The number of hydrogen-bond donors (Lipinski definition) is 0. The molecular formula is C28H34N2O. The lowest BCUT2D eigenvalue weighted by Crippen LogP contribution is -2.42. The van der Waals surface area contributed by atoms with Crippen LogP contribution >= 0.6 is 0 Å². The Hall–Kier alpha value is -2.81. The second-order valence-electron chi connectivity index (χ2n) is 9.43. The molecule has 0 saturated heterocycles. The van der Waals surface area contributed by atoms with Gasteiger partial charge in [-0.15, -0.1) is 0 Å². The van der Waals surface area contributed by atoms with Crippen LogP contribution in [0.2, 0.25) is 0 Å². The van der Waals surface area contributed by atoms with Gasteiger partial charge in [0.25, 0.3) is 0 Å². The highest BCUT2D eigenvalue weighted by Crippen LogP contribution is 2.48. The summed E-state index contributed by atoms with van der Waals surface area (Å²) in [5.74, 6) is 1.20. The smallest absolute Gasteiger partial charge is 0.226 e. The minimum absolute atomic E-state index is 0.115. The molecule has 1 aromatic heterocycles. The van der Waals surface area contributed by atoms with Gasteiger partial charge in [-0.3, -0.25) is 4.79 Å². The van der Waals surface area contributed by atoms with Crippen LogP contribution in [0.3, 0.4) is 0 Å². The Morgan fingerprint density at radius 2 is 1.81 bits per heavy atom. The summed E-state index contributed by atoms with van der Waals surface area (Å²) in [6.45, 7) is 10.2. The molecule has 0 spiro atoms. The molecule has 4 rings (SSSR count). The summed E-state index contributed by atoms with van der Waals surface area (Å²) < 4.78 is 2.28. The fraction of sp³-hybridized carbons (Fsp3) is 0.393. The molecule has 1 aliphatic carbocycles. The molecule has 0 N–H and O–H groups in total. The van der Waals surface area contributed by atoms with E-state index in [2.05, 4.69) is 104 Å². The number of hydrogen-bond acceptors (Lipinski definition) is 1. The Bertz CT molecular complexity index is 1020. The summed E-state index contributed by atoms with van der Waals surface area (Å²) in [4.78, 5) is 15.7. The van der Waals surface area contributed by atoms with Crippen molar-refractivity contribution in [1.29, 1.82) is 0 Å². The van der Waals surface area contributed by atoms with Gasteiger partial charge in [0.2, 0.25) is 5.91 Å². The second-order valence-corrected chi connectivity index (χ2v) is 9.43. The summed E-state index contributed by atoms with van der Waals surface area (Å²) >= 11 is 0. The minimum atomic E-state index is 0.115. The van der Waals surface area contributed by atoms with Gasteiger partial charge in [-0.05, 0) is 55.4 Å². The molecule has 0 bridgehead atoms. The molecule has 3 unspecified atom stereocenters. The van der Waals surface area contributed by atoms with E-state index in [0.717, 1.165) is 13.0 Å². The number of nitrogens with zero attached hydrogens (tertiary/aromatic N) is 2. The third kappa shape index (κ3) is 4.92. The van der Waals surface area contributed by atoms with Crippen molar-refractivity contribution < 1.29 is 4.79 Å². The summed E-state index contributed by atoms with van der Waals surface area (Å²) in [6.07, 6.45) is 3.10. The summed E-state index contributed by atoms with van der Waals surface area (Å²) in [7, 11) is 0. The van der Waals surface area contributed by atoms with E-state index in [1.165, 1.54) is 22.4 Å². The molecule has 1 saturated carbocycles. The summed E-state index contributed by atoms with van der Waals surface area (Å²) in [5.41, 5.74) is 5.05. The molecule has 1 aliphatic rings. The molecule has 3 aromatic rings. The van der Waals surface area contributed by atoms with Gasteiger partial charge in [-0.25, -0.2) is 0 Å². The fourth-order valence-electron chi connectivity index (χ4n) is 4.46. The van der Waals surface area contributed by atoms with E-state index in [4.69, 9.17) is 0 Å². The van der Waals surface area contributed by atoms with Gasteiger partial charge in [0.15, 0.2) is 0 Å². The first-order valence-electron chi connectivity index (χ1n) is 11.5. The SMILES string of the molecule is Cc1cccc(Cn2cccc2CN(C(=O)C2CC2c2ccccc2)C(C)C(C)C)c1. The fourth-order valence-corrected chi connectivity index (χ4v) is 4.46. The first kappa shape index (κ1) is 21.4. The lowest BCUT2D eigenvalue weighted by Gasteiger charge is -2.33. The Morgan fingerprint density at radius 3 is 2.52 bits per heavy atom. The van der Waals surface area contributed by atoms with Crippen LogP contribution in [0.15, 0.2) is 72.9 Å². The normalized spacial score (nSPS) is 18.7. The molecular weight excluding hydrogens is 380 g/mol. The van der Waals surface area contributed by atoms with E-state index in [-0.39, 0.29) is 12.0 Å². The number of benzene rings is 2. The molecule has 2 aromatic carbocycles. The highest BCUT2D eigenvalue weighted by molar-refractivity contribution is 5.83. The van der Waals surface area contributed by atoms with E-state index in [9.17, 15) is 4.79 Å². The van der Waals surface area contributed by atoms with Gasteiger partial charge < -0.3 is 9.47 Å². The Labute approximate surface area is 186 Å². The molecule has 0 aliphatic heterocycles. The maximum Gasteiger partial charge on any atom is 0.226 e. The van der Waals surface area contributed by atoms with Crippen molar-refractivity contribution in [3.63, 3.8) is 0 Å². The van der Waals surface area contributed by atoms with Gasteiger partial charge in [0, 0.05) is 30.4 Å². The number of amides is 1. The zero-order valence-corrected chi connectivity index (χ0v) is 19.2. The van der Waals surface area contributed by atoms with Gasteiger partial charge in [-0.2, -0.15) is 0 Å². The number of aryl methyl sites for hydroxylation is 1. The molecule has 3 nitrogen and oxygen atoms in total. The predicted molar refractivity (Wildman–Crippen MR) is 127 cm³/mol. The maximum atomic E-state index is 13.6. The number of aromatic nitrogens is 1. The molecule has 0 radical (unpaired) electrons. The van der Waals surface area contributed by atoms with Crippen LogP contribution in [0, 0.1) is 18.8 Å². The van der Waals surface area contributed by atoms with Crippen molar-refractivity contribution in [1.82, 2.24) is 9.47 Å². The Balaban J connectivity index is 1.52. The van der Waals surface area contributed by atoms with Crippen molar-refractivity contribution in [2.75, 3.05) is 0 Å². The largest absolute Gasteiger partial charge is 0.345 e. The van der Waals surface area contributed by atoms with Crippen LogP contribution in [0.25, 0.3) is 0 Å². The van der Waals surface area contributed by atoms with E-state index in [1.54, 1.807) is 0 Å². The van der Waals surface area contributed by atoms with Crippen molar-refractivity contribution >= 4 is 5.91 Å². The molecule has 1 amide bonds. The van der Waals surface area contributed by atoms with Gasteiger partial charge in [-0.1, -0.05) is 74.0 Å². The molecule has 3 atom stereocenters. The van der Waals surface area contributed by atoms with Crippen molar-refractivity contribution in [2.45, 2.75) is 59.2 Å². The molecule has 31 heavy (non-hydrogen) atoms. The van der Waals surface area contributed by atoms with Crippen molar-refractivity contribution in [3.05, 3.63) is 95.3 Å². The van der Waals surface area contributed by atoms with Crippen LogP contribution in [0.5, 0.6) is 0 Å². The maximum absolute atomic E-state index is 13.6. The lowest BCUT2D eigenvalue weighted by atomic mass is 10.0. The lowest BCUT2D eigenvalue weighted by molar-refractivity contribution is -0.136. The van der Waals surface area contributed by atoms with Gasteiger partial charge in [0.05, 0.1) is 6.54 Å². The van der Waals surface area contributed by atoms with Crippen LogP contribution < -0.4 is 0 Å². The highest BCUT2D eigenvalue weighted by atomic mass is 16.2. The third-order valence-corrected chi connectivity index (χ3v) is 6.77. The van der Waals surface area contributed by atoms with Crippen molar-refractivity contribution in [2.24, 2.45) is 11.8 Å². The molecule has 1 heterocycles. The Kier molecular flexibility index (Phi) is 6.31. The molecule has 1 fully saturated rings. The standard InChI is InChI=1S/C28H34N2O/c1-20(2)22(4)30(28(31)27-17-26(27)24-12-6-5-7-13-24)19-25-14-9-15-29(25)18-23-11-8-10-21(3)16-23/h5-16,20,22,26-27H,17-19H2,1-4H3. The average molecular weight is 415 g/mol. The Morgan fingerprint density at radius 1 is 1.03 bits per heavy atom. The molecule has 3 heteroatoms. The highest BCUT2D eigenvalue weighted by Gasteiger charge is 2.46. The summed E-state index contributed by atoms with van der Waals surface area (Å²) in [5, 5.41) is 0. The van der Waals surface area contributed by atoms with Crippen LogP contribution in [0.4, 0.5) is 0 Å². The van der Waals surface area contributed by atoms with E-state index in [1.807, 2.05) is 6.07 Å². The molecule has 162 valence electrons. The zero-order chi connectivity index (χ0) is 22.0.